The van der Waals surface area contributed by atoms with Crippen LogP contribution in [0.4, 0.5) is 0 Å². The van der Waals surface area contributed by atoms with E-state index in [-0.39, 0.29) is 11.5 Å². The van der Waals surface area contributed by atoms with Gasteiger partial charge in [-0.05, 0) is 30.6 Å². The molecular weight excluding hydrogens is 160 g/mol. The average Bonchev–Trinajstić information content (AvgIpc) is 2.53. The standard InChI is InChI=1S/C12H24O/c1-4-10(2)9-11(13)12(3)7-5-6-8-12/h10-11,13H,4-9H2,1-3H3. The largest absolute Gasteiger partial charge is 0.393 e. The molecule has 0 amide bonds. The number of aliphatic hydroxyl groups excluding tert-OH is 1. The third-order valence-electron chi connectivity index (χ3n) is 3.87. The third-order valence-corrected chi connectivity index (χ3v) is 3.87. The van der Waals surface area contributed by atoms with Crippen LogP contribution in [0.2, 0.25) is 0 Å². The molecule has 1 aliphatic carbocycles. The monoisotopic (exact) mass is 184 g/mol. The molecule has 1 saturated carbocycles. The highest BCUT2D eigenvalue weighted by atomic mass is 16.3. The fourth-order valence-corrected chi connectivity index (χ4v) is 2.35. The molecule has 0 aromatic carbocycles. The number of hydrogen-bond donors (Lipinski definition) is 1. The summed E-state index contributed by atoms with van der Waals surface area (Å²) in [5.74, 6) is 0.674. The first-order valence-electron chi connectivity index (χ1n) is 5.76. The Morgan fingerprint density at radius 3 is 2.31 bits per heavy atom. The van der Waals surface area contributed by atoms with Crippen LogP contribution in [0.25, 0.3) is 0 Å². The van der Waals surface area contributed by atoms with Crippen molar-refractivity contribution in [2.45, 2.75) is 65.4 Å². The molecule has 1 N–H and O–H groups in total. The molecule has 1 fully saturated rings. The van der Waals surface area contributed by atoms with E-state index in [2.05, 4.69) is 20.8 Å². The van der Waals surface area contributed by atoms with Crippen LogP contribution in [-0.2, 0) is 0 Å². The van der Waals surface area contributed by atoms with E-state index in [9.17, 15) is 5.11 Å². The lowest BCUT2D eigenvalue weighted by molar-refractivity contribution is 0.0235. The Bertz CT molecular complexity index is 147. The van der Waals surface area contributed by atoms with E-state index in [0.29, 0.717) is 5.92 Å². The van der Waals surface area contributed by atoms with Crippen LogP contribution < -0.4 is 0 Å². The maximum absolute atomic E-state index is 10.1. The average molecular weight is 184 g/mol. The van der Waals surface area contributed by atoms with E-state index >= 15 is 0 Å². The van der Waals surface area contributed by atoms with Gasteiger partial charge in [-0.3, -0.25) is 0 Å². The van der Waals surface area contributed by atoms with Gasteiger partial charge in [0.25, 0.3) is 0 Å². The van der Waals surface area contributed by atoms with E-state index in [0.717, 1.165) is 6.42 Å². The van der Waals surface area contributed by atoms with E-state index < -0.39 is 0 Å². The van der Waals surface area contributed by atoms with Gasteiger partial charge in [-0.2, -0.15) is 0 Å². The van der Waals surface area contributed by atoms with Crippen molar-refractivity contribution >= 4 is 0 Å². The van der Waals surface area contributed by atoms with Gasteiger partial charge in [-0.1, -0.05) is 40.0 Å². The zero-order valence-electron chi connectivity index (χ0n) is 9.34. The Morgan fingerprint density at radius 1 is 1.31 bits per heavy atom. The van der Waals surface area contributed by atoms with Crippen molar-refractivity contribution in [3.05, 3.63) is 0 Å². The fourth-order valence-electron chi connectivity index (χ4n) is 2.35. The van der Waals surface area contributed by atoms with Crippen molar-refractivity contribution in [3.8, 4) is 0 Å². The lowest BCUT2D eigenvalue weighted by Crippen LogP contribution is -2.30. The fraction of sp³-hybridized carbons (Fsp3) is 1.00. The summed E-state index contributed by atoms with van der Waals surface area (Å²) in [4.78, 5) is 0. The summed E-state index contributed by atoms with van der Waals surface area (Å²) >= 11 is 0. The molecular formula is C12H24O. The van der Waals surface area contributed by atoms with Gasteiger partial charge in [0, 0.05) is 0 Å². The Hall–Kier alpha value is -0.0400. The van der Waals surface area contributed by atoms with E-state index in [4.69, 9.17) is 0 Å². The zero-order valence-corrected chi connectivity index (χ0v) is 9.34. The van der Waals surface area contributed by atoms with Crippen molar-refractivity contribution < 1.29 is 5.11 Å². The minimum absolute atomic E-state index is 0.0649. The van der Waals surface area contributed by atoms with Crippen LogP contribution >= 0.6 is 0 Å². The molecule has 1 aliphatic rings. The first-order chi connectivity index (χ1) is 6.08. The van der Waals surface area contributed by atoms with Gasteiger partial charge in [-0.15, -0.1) is 0 Å². The van der Waals surface area contributed by atoms with Crippen molar-refractivity contribution in [2.24, 2.45) is 11.3 Å². The van der Waals surface area contributed by atoms with Crippen molar-refractivity contribution in [1.82, 2.24) is 0 Å². The summed E-state index contributed by atoms with van der Waals surface area (Å²) in [6.45, 7) is 6.70. The second-order valence-electron chi connectivity index (χ2n) is 5.13. The second-order valence-corrected chi connectivity index (χ2v) is 5.13. The highest BCUT2D eigenvalue weighted by molar-refractivity contribution is 4.87. The topological polar surface area (TPSA) is 20.2 Å². The Kier molecular flexibility index (Phi) is 3.78. The molecule has 0 heterocycles. The van der Waals surface area contributed by atoms with Crippen LogP contribution in [0, 0.1) is 11.3 Å². The zero-order chi connectivity index (χ0) is 9.90. The Balaban J connectivity index is 2.41. The summed E-state index contributed by atoms with van der Waals surface area (Å²) in [5, 5.41) is 10.1. The molecule has 1 rings (SSSR count). The third kappa shape index (κ3) is 2.70. The molecule has 0 bridgehead atoms. The molecule has 2 unspecified atom stereocenters. The van der Waals surface area contributed by atoms with Crippen molar-refractivity contribution in [1.29, 1.82) is 0 Å². The number of rotatable bonds is 4. The van der Waals surface area contributed by atoms with Gasteiger partial charge in [0.2, 0.25) is 0 Å². The highest BCUT2D eigenvalue weighted by Crippen LogP contribution is 2.42. The molecule has 1 heteroatoms. The smallest absolute Gasteiger partial charge is 0.0596 e. The lowest BCUT2D eigenvalue weighted by atomic mass is 9.78. The second kappa shape index (κ2) is 4.45. The van der Waals surface area contributed by atoms with Gasteiger partial charge in [-0.25, -0.2) is 0 Å². The molecule has 0 aromatic rings. The van der Waals surface area contributed by atoms with Crippen LogP contribution in [0.5, 0.6) is 0 Å². The minimum Gasteiger partial charge on any atom is -0.393 e. The van der Waals surface area contributed by atoms with Crippen LogP contribution in [0.3, 0.4) is 0 Å². The van der Waals surface area contributed by atoms with E-state index in [1.807, 2.05) is 0 Å². The SMILES string of the molecule is CCC(C)CC(O)C1(C)CCCC1. The molecule has 0 spiro atoms. The molecule has 2 atom stereocenters. The predicted molar refractivity (Wildman–Crippen MR) is 56.7 cm³/mol. The molecule has 13 heavy (non-hydrogen) atoms. The maximum Gasteiger partial charge on any atom is 0.0596 e. The lowest BCUT2D eigenvalue weighted by Gasteiger charge is -2.31. The molecule has 0 aliphatic heterocycles. The van der Waals surface area contributed by atoms with Crippen LogP contribution in [-0.4, -0.2) is 11.2 Å². The highest BCUT2D eigenvalue weighted by Gasteiger charge is 2.36. The number of aliphatic hydroxyl groups is 1. The Morgan fingerprint density at radius 2 is 1.85 bits per heavy atom. The van der Waals surface area contributed by atoms with Gasteiger partial charge in [0.1, 0.15) is 0 Å². The van der Waals surface area contributed by atoms with Gasteiger partial charge < -0.3 is 5.11 Å². The quantitative estimate of drug-likeness (QED) is 0.710. The summed E-state index contributed by atoms with van der Waals surface area (Å²) in [6, 6.07) is 0. The maximum atomic E-state index is 10.1. The van der Waals surface area contributed by atoms with Gasteiger partial charge in [0.15, 0.2) is 0 Å². The van der Waals surface area contributed by atoms with E-state index in [1.165, 1.54) is 32.1 Å². The van der Waals surface area contributed by atoms with E-state index in [1.54, 1.807) is 0 Å². The number of hydrogen-bond acceptors (Lipinski definition) is 1. The summed E-state index contributed by atoms with van der Waals surface area (Å²) in [5.41, 5.74) is 0.240. The molecule has 0 radical (unpaired) electrons. The van der Waals surface area contributed by atoms with Gasteiger partial charge >= 0.3 is 0 Å². The molecule has 0 aromatic heterocycles. The van der Waals surface area contributed by atoms with Crippen LogP contribution in [0.15, 0.2) is 0 Å². The van der Waals surface area contributed by atoms with Gasteiger partial charge in [0.05, 0.1) is 6.10 Å². The summed E-state index contributed by atoms with van der Waals surface area (Å²) < 4.78 is 0. The first-order valence-corrected chi connectivity index (χ1v) is 5.76. The van der Waals surface area contributed by atoms with Crippen molar-refractivity contribution in [3.63, 3.8) is 0 Å². The first kappa shape index (κ1) is 11.0. The summed E-state index contributed by atoms with van der Waals surface area (Å²) in [6.07, 6.45) is 7.20. The molecule has 0 saturated heterocycles. The normalized spacial score (nSPS) is 25.8. The molecule has 78 valence electrons. The van der Waals surface area contributed by atoms with Crippen LogP contribution in [0.1, 0.15) is 59.3 Å². The molecule has 1 nitrogen and oxygen atoms in total. The summed E-state index contributed by atoms with van der Waals surface area (Å²) in [7, 11) is 0. The Labute approximate surface area is 82.5 Å². The minimum atomic E-state index is -0.0649. The van der Waals surface area contributed by atoms with Crippen molar-refractivity contribution in [2.75, 3.05) is 0 Å². The predicted octanol–water partition coefficient (Wildman–Crippen LogP) is 3.36.